The molecule has 0 radical (unpaired) electrons. The first kappa shape index (κ1) is 12.0. The molecule has 0 aromatic heterocycles. The van der Waals surface area contributed by atoms with Crippen LogP contribution in [0.2, 0.25) is 0 Å². The first-order chi connectivity index (χ1) is 6.47. The number of aliphatic hydroxyl groups is 1. The number of ether oxygens (including phenoxy) is 1. The molecule has 0 bridgehead atoms. The third kappa shape index (κ3) is 4.94. The van der Waals surface area contributed by atoms with Gasteiger partial charge in [0.25, 0.3) is 0 Å². The first-order valence-electron chi connectivity index (χ1n) is 5.55. The van der Waals surface area contributed by atoms with Crippen LogP contribution in [-0.2, 0) is 4.74 Å². The molecule has 1 heterocycles. The van der Waals surface area contributed by atoms with Gasteiger partial charge in [-0.1, -0.05) is 6.42 Å². The highest BCUT2D eigenvalue weighted by Crippen LogP contribution is 2.13. The largest absolute Gasteiger partial charge is 0.367 e. The Morgan fingerprint density at radius 3 is 2.29 bits per heavy atom. The summed E-state index contributed by atoms with van der Waals surface area (Å²) >= 11 is 0. The Hall–Kier alpha value is -0.120. The third-order valence-corrected chi connectivity index (χ3v) is 2.35. The minimum Gasteiger partial charge on any atom is -0.367 e. The van der Waals surface area contributed by atoms with Crippen LogP contribution in [-0.4, -0.2) is 41.5 Å². The molecular weight excluding hydrogens is 178 g/mol. The van der Waals surface area contributed by atoms with Crippen LogP contribution in [0.5, 0.6) is 0 Å². The van der Waals surface area contributed by atoms with E-state index < -0.39 is 6.29 Å². The van der Waals surface area contributed by atoms with E-state index in [0.717, 1.165) is 13.1 Å². The summed E-state index contributed by atoms with van der Waals surface area (Å²) in [6, 6.07) is 0. The van der Waals surface area contributed by atoms with Crippen molar-refractivity contribution in [2.24, 2.45) is 0 Å². The van der Waals surface area contributed by atoms with Crippen LogP contribution in [0.25, 0.3) is 0 Å². The van der Waals surface area contributed by atoms with Gasteiger partial charge in [0.2, 0.25) is 0 Å². The van der Waals surface area contributed by atoms with Crippen LogP contribution in [0.4, 0.5) is 0 Å². The summed E-state index contributed by atoms with van der Waals surface area (Å²) in [6.07, 6.45) is 3.19. The van der Waals surface area contributed by atoms with Crippen LogP contribution in [0.15, 0.2) is 0 Å². The summed E-state index contributed by atoms with van der Waals surface area (Å²) in [5.41, 5.74) is -0.255. The van der Waals surface area contributed by atoms with E-state index in [2.05, 4.69) is 4.90 Å². The summed E-state index contributed by atoms with van der Waals surface area (Å²) < 4.78 is 5.45. The van der Waals surface area contributed by atoms with Gasteiger partial charge in [0.1, 0.15) is 0 Å². The fourth-order valence-electron chi connectivity index (χ4n) is 1.81. The van der Waals surface area contributed by atoms with Crippen molar-refractivity contribution in [1.29, 1.82) is 0 Å². The van der Waals surface area contributed by atoms with Crippen molar-refractivity contribution < 1.29 is 9.84 Å². The second-order valence-electron chi connectivity index (χ2n) is 5.05. The highest BCUT2D eigenvalue weighted by Gasteiger charge is 2.19. The number of aliphatic hydroxyl groups excluding tert-OH is 1. The Bertz CT molecular complexity index is 159. The summed E-state index contributed by atoms with van der Waals surface area (Å²) in [4.78, 5) is 2.28. The van der Waals surface area contributed by atoms with Crippen molar-refractivity contribution in [2.75, 3.05) is 19.6 Å². The number of likely N-dealkylation sites (tertiary alicyclic amines) is 1. The van der Waals surface area contributed by atoms with Crippen LogP contribution >= 0.6 is 0 Å². The summed E-state index contributed by atoms with van der Waals surface area (Å²) in [6.45, 7) is 8.75. The van der Waals surface area contributed by atoms with Crippen molar-refractivity contribution >= 4 is 0 Å². The number of nitrogens with zero attached hydrogens (tertiary/aromatic N) is 1. The molecule has 0 aromatic rings. The highest BCUT2D eigenvalue weighted by molar-refractivity contribution is 4.67. The number of rotatable bonds is 3. The fraction of sp³-hybridized carbons (Fsp3) is 1.00. The molecule has 1 atom stereocenters. The molecule has 0 saturated carbocycles. The molecule has 0 aromatic carbocycles. The van der Waals surface area contributed by atoms with Gasteiger partial charge >= 0.3 is 0 Å². The maximum atomic E-state index is 9.67. The van der Waals surface area contributed by atoms with Gasteiger partial charge in [-0.15, -0.1) is 0 Å². The van der Waals surface area contributed by atoms with Gasteiger partial charge in [-0.2, -0.15) is 0 Å². The monoisotopic (exact) mass is 201 g/mol. The lowest BCUT2D eigenvalue weighted by Gasteiger charge is -2.31. The Morgan fingerprint density at radius 2 is 1.79 bits per heavy atom. The van der Waals surface area contributed by atoms with Gasteiger partial charge < -0.3 is 9.84 Å². The van der Waals surface area contributed by atoms with E-state index >= 15 is 0 Å². The predicted molar refractivity (Wildman–Crippen MR) is 57.1 cm³/mol. The van der Waals surface area contributed by atoms with E-state index in [1.807, 2.05) is 20.8 Å². The van der Waals surface area contributed by atoms with Crippen LogP contribution < -0.4 is 0 Å². The van der Waals surface area contributed by atoms with Gasteiger partial charge in [-0.25, -0.2) is 0 Å². The van der Waals surface area contributed by atoms with Gasteiger partial charge in [-0.05, 0) is 46.7 Å². The van der Waals surface area contributed by atoms with Crippen LogP contribution in [0, 0.1) is 0 Å². The first-order valence-corrected chi connectivity index (χ1v) is 5.55. The standard InChI is InChI=1S/C11H23NO2/c1-11(2,3)14-10(13)9-12-7-5-4-6-8-12/h10,13H,4-9H2,1-3H3. The SMILES string of the molecule is CC(C)(C)OC(O)CN1CCCCC1. The van der Waals surface area contributed by atoms with Gasteiger partial charge in [-0.3, -0.25) is 4.90 Å². The molecule has 14 heavy (non-hydrogen) atoms. The predicted octanol–water partition coefficient (Wildman–Crippen LogP) is 1.61. The molecule has 1 fully saturated rings. The average Bonchev–Trinajstić information content (AvgIpc) is 2.02. The fourth-order valence-corrected chi connectivity index (χ4v) is 1.81. The van der Waals surface area contributed by atoms with Crippen LogP contribution in [0.3, 0.4) is 0 Å². The number of hydrogen-bond donors (Lipinski definition) is 1. The minimum absolute atomic E-state index is 0.255. The Morgan fingerprint density at radius 1 is 1.21 bits per heavy atom. The molecule has 3 nitrogen and oxygen atoms in total. The Balaban J connectivity index is 2.21. The summed E-state index contributed by atoms with van der Waals surface area (Å²) in [7, 11) is 0. The number of β-amino-alcohol motifs (C(OH)–C–C–N with tert-alkyl or cyclic N) is 1. The lowest BCUT2D eigenvalue weighted by molar-refractivity contribution is -0.174. The maximum Gasteiger partial charge on any atom is 0.167 e. The maximum absolute atomic E-state index is 9.67. The molecule has 84 valence electrons. The number of hydrogen-bond acceptors (Lipinski definition) is 3. The zero-order valence-corrected chi connectivity index (χ0v) is 9.62. The van der Waals surface area contributed by atoms with Crippen LogP contribution in [0.1, 0.15) is 40.0 Å². The summed E-state index contributed by atoms with van der Waals surface area (Å²) in [5, 5.41) is 9.67. The molecule has 1 saturated heterocycles. The Labute approximate surface area is 87.1 Å². The van der Waals surface area contributed by atoms with Gasteiger partial charge in [0.15, 0.2) is 6.29 Å². The molecule has 1 unspecified atom stereocenters. The molecule has 1 rings (SSSR count). The van der Waals surface area contributed by atoms with E-state index in [0.29, 0.717) is 6.54 Å². The highest BCUT2D eigenvalue weighted by atomic mass is 16.6. The smallest absolute Gasteiger partial charge is 0.167 e. The molecule has 1 aliphatic rings. The normalized spacial score (nSPS) is 22.3. The lowest BCUT2D eigenvalue weighted by atomic mass is 10.1. The average molecular weight is 201 g/mol. The second kappa shape index (κ2) is 5.10. The van der Waals surface area contributed by atoms with Crippen molar-refractivity contribution in [3.8, 4) is 0 Å². The molecule has 3 heteroatoms. The molecule has 0 spiro atoms. The molecular formula is C11H23NO2. The van der Waals surface area contributed by atoms with Gasteiger partial charge in [0.05, 0.1) is 5.60 Å². The zero-order chi connectivity index (χ0) is 10.6. The number of piperidine rings is 1. The van der Waals surface area contributed by atoms with Gasteiger partial charge in [0, 0.05) is 6.54 Å². The molecule has 0 amide bonds. The molecule has 1 N–H and O–H groups in total. The topological polar surface area (TPSA) is 32.7 Å². The van der Waals surface area contributed by atoms with Crippen molar-refractivity contribution in [2.45, 2.75) is 51.9 Å². The van der Waals surface area contributed by atoms with E-state index in [9.17, 15) is 5.11 Å². The van der Waals surface area contributed by atoms with Crippen molar-refractivity contribution in [1.82, 2.24) is 4.90 Å². The summed E-state index contributed by atoms with van der Waals surface area (Å²) in [5.74, 6) is 0. The van der Waals surface area contributed by atoms with Crippen molar-refractivity contribution in [3.63, 3.8) is 0 Å². The van der Waals surface area contributed by atoms with Crippen molar-refractivity contribution in [3.05, 3.63) is 0 Å². The zero-order valence-electron chi connectivity index (χ0n) is 9.62. The Kier molecular flexibility index (Phi) is 4.35. The third-order valence-electron chi connectivity index (χ3n) is 2.35. The molecule has 0 aliphatic carbocycles. The lowest BCUT2D eigenvalue weighted by Crippen LogP contribution is -2.40. The quantitative estimate of drug-likeness (QED) is 0.704. The van der Waals surface area contributed by atoms with E-state index in [-0.39, 0.29) is 5.60 Å². The van der Waals surface area contributed by atoms with E-state index in [4.69, 9.17) is 4.74 Å². The minimum atomic E-state index is -0.645. The molecule has 1 aliphatic heterocycles. The second-order valence-corrected chi connectivity index (χ2v) is 5.05. The van der Waals surface area contributed by atoms with E-state index in [1.54, 1.807) is 0 Å². The van der Waals surface area contributed by atoms with E-state index in [1.165, 1.54) is 19.3 Å².